The van der Waals surface area contributed by atoms with Gasteiger partial charge in [-0.2, -0.15) is 0 Å². The molecule has 2 saturated heterocycles. The molecule has 0 aromatic rings. The van der Waals surface area contributed by atoms with Crippen molar-refractivity contribution in [3.63, 3.8) is 0 Å². The molecule has 3 aliphatic rings. The quantitative estimate of drug-likeness (QED) is 0.701. The molecular formula is C15H24N2O4S. The molecule has 3 fully saturated rings. The van der Waals surface area contributed by atoms with Crippen LogP contribution in [0.5, 0.6) is 0 Å². The minimum atomic E-state index is -3.03. The Hall–Kier alpha value is -1.11. The smallest absolute Gasteiger partial charge is 0.238 e. The van der Waals surface area contributed by atoms with Crippen LogP contribution in [0.15, 0.2) is 0 Å². The van der Waals surface area contributed by atoms with Gasteiger partial charge in [0.25, 0.3) is 0 Å². The average Bonchev–Trinajstić information content (AvgIpc) is 2.94. The summed E-state index contributed by atoms with van der Waals surface area (Å²) in [7, 11) is -3.03. The van der Waals surface area contributed by atoms with Gasteiger partial charge in [-0.15, -0.1) is 0 Å². The van der Waals surface area contributed by atoms with E-state index >= 15 is 0 Å². The highest BCUT2D eigenvalue weighted by molar-refractivity contribution is 7.91. The van der Waals surface area contributed by atoms with Gasteiger partial charge in [0.15, 0.2) is 9.84 Å². The molecule has 6 nitrogen and oxygen atoms in total. The Morgan fingerprint density at radius 1 is 1.23 bits per heavy atom. The summed E-state index contributed by atoms with van der Waals surface area (Å²) in [4.78, 5) is 29.1. The molecule has 7 heteroatoms. The predicted octanol–water partition coefficient (Wildman–Crippen LogP) is 0.425. The van der Waals surface area contributed by atoms with Gasteiger partial charge in [0, 0.05) is 25.7 Å². The summed E-state index contributed by atoms with van der Waals surface area (Å²) in [5.74, 6) is 0.0121. The second kappa shape index (κ2) is 5.51. The number of carbonyl (C=O) groups is 2. The number of hydrogen-bond donors (Lipinski definition) is 0. The lowest BCUT2D eigenvalue weighted by Crippen LogP contribution is -2.50. The molecular weight excluding hydrogens is 304 g/mol. The molecule has 2 heterocycles. The van der Waals surface area contributed by atoms with Crippen molar-refractivity contribution >= 4 is 21.7 Å². The number of rotatable bonds is 4. The molecule has 1 unspecified atom stereocenters. The van der Waals surface area contributed by atoms with Crippen LogP contribution in [0, 0.1) is 5.41 Å². The van der Waals surface area contributed by atoms with E-state index in [9.17, 15) is 18.0 Å². The van der Waals surface area contributed by atoms with E-state index in [0.29, 0.717) is 25.8 Å². The number of hydrogen-bond acceptors (Lipinski definition) is 4. The standard InChI is InChI=1S/C15H24N2O4S/c1-2-17(12-5-10-22(20,21)11-12)14(19)15(6-7-15)13(18)16-8-3-4-9-16/h12H,2-11H2,1H3. The lowest BCUT2D eigenvalue weighted by molar-refractivity contribution is -0.149. The molecule has 2 amide bonds. The van der Waals surface area contributed by atoms with Crippen molar-refractivity contribution in [2.75, 3.05) is 31.1 Å². The van der Waals surface area contributed by atoms with Gasteiger partial charge in [-0.1, -0.05) is 0 Å². The largest absolute Gasteiger partial charge is 0.342 e. The first-order valence-corrected chi connectivity index (χ1v) is 10.0. The molecule has 0 aromatic heterocycles. The van der Waals surface area contributed by atoms with Crippen LogP contribution in [-0.4, -0.2) is 67.2 Å². The van der Waals surface area contributed by atoms with Crippen molar-refractivity contribution < 1.29 is 18.0 Å². The van der Waals surface area contributed by atoms with Crippen LogP contribution in [0.25, 0.3) is 0 Å². The van der Waals surface area contributed by atoms with Crippen LogP contribution in [0.4, 0.5) is 0 Å². The van der Waals surface area contributed by atoms with Gasteiger partial charge in [-0.3, -0.25) is 9.59 Å². The van der Waals surface area contributed by atoms with E-state index in [2.05, 4.69) is 0 Å². The molecule has 0 aromatic carbocycles. The first-order chi connectivity index (χ1) is 10.4. The lowest BCUT2D eigenvalue weighted by atomic mass is 10.0. The molecule has 0 spiro atoms. The number of nitrogens with zero attached hydrogens (tertiary/aromatic N) is 2. The van der Waals surface area contributed by atoms with Gasteiger partial charge in [0.2, 0.25) is 11.8 Å². The fourth-order valence-corrected chi connectivity index (χ4v) is 5.46. The Morgan fingerprint density at radius 2 is 1.86 bits per heavy atom. The summed E-state index contributed by atoms with van der Waals surface area (Å²) in [6.45, 7) is 3.82. The SMILES string of the molecule is CCN(C(=O)C1(C(=O)N2CCCC2)CC1)C1CCS(=O)(=O)C1. The highest BCUT2D eigenvalue weighted by Crippen LogP contribution is 2.49. The zero-order chi connectivity index (χ0) is 16.0. The molecule has 1 aliphatic carbocycles. The second-order valence-electron chi connectivity index (χ2n) is 6.73. The van der Waals surface area contributed by atoms with Crippen LogP contribution >= 0.6 is 0 Å². The normalized spacial score (nSPS) is 28.6. The maximum absolute atomic E-state index is 12.9. The van der Waals surface area contributed by atoms with Gasteiger partial charge in [0.1, 0.15) is 5.41 Å². The summed E-state index contributed by atoms with van der Waals surface area (Å²) in [5.41, 5.74) is -0.882. The van der Waals surface area contributed by atoms with Crippen LogP contribution in [0.1, 0.15) is 39.0 Å². The molecule has 0 bridgehead atoms. The summed E-state index contributed by atoms with van der Waals surface area (Å²) in [6.07, 6.45) is 3.73. The Kier molecular flexibility index (Phi) is 3.95. The monoisotopic (exact) mass is 328 g/mol. The zero-order valence-electron chi connectivity index (χ0n) is 13.1. The minimum absolute atomic E-state index is 0.0331. The van der Waals surface area contributed by atoms with E-state index in [1.807, 2.05) is 11.8 Å². The molecule has 2 aliphatic heterocycles. The maximum Gasteiger partial charge on any atom is 0.238 e. The Labute approximate surface area is 131 Å². The van der Waals surface area contributed by atoms with E-state index in [4.69, 9.17) is 0 Å². The minimum Gasteiger partial charge on any atom is -0.342 e. The maximum atomic E-state index is 12.9. The molecule has 1 saturated carbocycles. The van der Waals surface area contributed by atoms with E-state index in [1.54, 1.807) is 4.90 Å². The molecule has 0 N–H and O–H groups in total. The fourth-order valence-electron chi connectivity index (χ4n) is 3.73. The van der Waals surface area contributed by atoms with Crippen LogP contribution in [0.3, 0.4) is 0 Å². The number of likely N-dealkylation sites (tertiary alicyclic amines) is 1. The third kappa shape index (κ3) is 2.64. The third-order valence-corrected chi connectivity index (χ3v) is 6.96. The van der Waals surface area contributed by atoms with E-state index in [-0.39, 0.29) is 29.4 Å². The topological polar surface area (TPSA) is 74.8 Å². The average molecular weight is 328 g/mol. The fraction of sp³-hybridized carbons (Fsp3) is 0.867. The van der Waals surface area contributed by atoms with Gasteiger partial charge in [-0.05, 0) is 39.0 Å². The third-order valence-electron chi connectivity index (χ3n) is 5.21. The lowest BCUT2D eigenvalue weighted by Gasteiger charge is -2.32. The zero-order valence-corrected chi connectivity index (χ0v) is 13.9. The summed E-state index contributed by atoms with van der Waals surface area (Å²) < 4.78 is 23.4. The van der Waals surface area contributed by atoms with Gasteiger partial charge < -0.3 is 9.80 Å². The number of sulfone groups is 1. The van der Waals surface area contributed by atoms with Crippen molar-refractivity contribution in [2.45, 2.75) is 45.1 Å². The molecule has 124 valence electrons. The number of amides is 2. The van der Waals surface area contributed by atoms with Crippen molar-refractivity contribution in [1.82, 2.24) is 9.80 Å². The Morgan fingerprint density at radius 3 is 2.32 bits per heavy atom. The Balaban J connectivity index is 1.75. The summed E-state index contributed by atoms with van der Waals surface area (Å²) in [6, 6.07) is -0.258. The van der Waals surface area contributed by atoms with Gasteiger partial charge in [0.05, 0.1) is 11.5 Å². The van der Waals surface area contributed by atoms with E-state index < -0.39 is 15.3 Å². The van der Waals surface area contributed by atoms with Crippen LogP contribution < -0.4 is 0 Å². The van der Waals surface area contributed by atoms with Crippen molar-refractivity contribution in [2.24, 2.45) is 5.41 Å². The molecule has 0 radical (unpaired) electrons. The molecule has 1 atom stereocenters. The summed E-state index contributed by atoms with van der Waals surface area (Å²) in [5, 5.41) is 0. The Bertz CT molecular complexity index is 576. The van der Waals surface area contributed by atoms with Crippen molar-refractivity contribution in [3.8, 4) is 0 Å². The first-order valence-electron chi connectivity index (χ1n) is 8.20. The predicted molar refractivity (Wildman–Crippen MR) is 81.9 cm³/mol. The van der Waals surface area contributed by atoms with E-state index in [0.717, 1.165) is 25.9 Å². The van der Waals surface area contributed by atoms with Crippen molar-refractivity contribution in [3.05, 3.63) is 0 Å². The molecule has 22 heavy (non-hydrogen) atoms. The van der Waals surface area contributed by atoms with Gasteiger partial charge in [-0.25, -0.2) is 8.42 Å². The number of carbonyl (C=O) groups excluding carboxylic acids is 2. The van der Waals surface area contributed by atoms with Crippen molar-refractivity contribution in [1.29, 1.82) is 0 Å². The first kappa shape index (κ1) is 15.8. The summed E-state index contributed by atoms with van der Waals surface area (Å²) >= 11 is 0. The second-order valence-corrected chi connectivity index (χ2v) is 8.96. The van der Waals surface area contributed by atoms with Crippen LogP contribution in [0.2, 0.25) is 0 Å². The molecule has 3 rings (SSSR count). The highest BCUT2D eigenvalue weighted by atomic mass is 32.2. The van der Waals surface area contributed by atoms with Gasteiger partial charge >= 0.3 is 0 Å². The highest BCUT2D eigenvalue weighted by Gasteiger charge is 2.60. The van der Waals surface area contributed by atoms with E-state index in [1.165, 1.54) is 0 Å². The van der Waals surface area contributed by atoms with Crippen LogP contribution in [-0.2, 0) is 19.4 Å².